The molecular weight excluding hydrogens is 306 g/mol. The molecule has 1 saturated heterocycles. The van der Waals surface area contributed by atoms with Crippen LogP contribution in [0.4, 0.5) is 0 Å². The molecule has 23 heavy (non-hydrogen) atoms. The molecule has 2 saturated carbocycles. The summed E-state index contributed by atoms with van der Waals surface area (Å²) in [5.74, 6) is 1.37. The van der Waals surface area contributed by atoms with Crippen molar-refractivity contribution in [3.05, 3.63) is 22.4 Å². The minimum atomic E-state index is 0.0521. The van der Waals surface area contributed by atoms with Crippen LogP contribution in [0.2, 0.25) is 0 Å². The number of hydrogen-bond donors (Lipinski definition) is 2. The lowest BCUT2D eigenvalue weighted by molar-refractivity contribution is -0.127. The van der Waals surface area contributed by atoms with Gasteiger partial charge in [0, 0.05) is 17.5 Å². The number of carbonyl (C=O) groups excluding carboxylic acids is 1. The van der Waals surface area contributed by atoms with Gasteiger partial charge in [0.15, 0.2) is 0 Å². The Kier molecular flexibility index (Phi) is 4.43. The molecular formula is C18H27N3OS. The molecule has 126 valence electrons. The summed E-state index contributed by atoms with van der Waals surface area (Å²) in [7, 11) is 0. The topological polar surface area (TPSA) is 58.4 Å². The van der Waals surface area contributed by atoms with E-state index in [-0.39, 0.29) is 17.9 Å². The summed E-state index contributed by atoms with van der Waals surface area (Å²) in [4.78, 5) is 16.6. The number of nitrogens with zero attached hydrogens (tertiary/aromatic N) is 1. The molecule has 1 aromatic heterocycles. The number of carbonyl (C=O) groups is 1. The molecule has 2 bridgehead atoms. The maximum absolute atomic E-state index is 12.7. The Bertz CT molecular complexity index is 538. The van der Waals surface area contributed by atoms with E-state index in [9.17, 15) is 4.79 Å². The Morgan fingerprint density at radius 1 is 1.35 bits per heavy atom. The van der Waals surface area contributed by atoms with Crippen LogP contribution in [0.5, 0.6) is 0 Å². The summed E-state index contributed by atoms with van der Waals surface area (Å²) in [5.41, 5.74) is 6.32. The Morgan fingerprint density at radius 3 is 2.78 bits per heavy atom. The van der Waals surface area contributed by atoms with Gasteiger partial charge in [0.05, 0.1) is 12.0 Å². The van der Waals surface area contributed by atoms with Gasteiger partial charge >= 0.3 is 0 Å². The molecule has 1 amide bonds. The first kappa shape index (κ1) is 15.6. The van der Waals surface area contributed by atoms with Gasteiger partial charge in [0.2, 0.25) is 5.91 Å². The summed E-state index contributed by atoms with van der Waals surface area (Å²) in [6.45, 7) is 3.01. The van der Waals surface area contributed by atoms with Crippen molar-refractivity contribution >= 4 is 17.2 Å². The van der Waals surface area contributed by atoms with E-state index < -0.39 is 0 Å². The lowest BCUT2D eigenvalue weighted by Gasteiger charge is -2.30. The van der Waals surface area contributed by atoms with Gasteiger partial charge in [-0.25, -0.2) is 0 Å². The van der Waals surface area contributed by atoms with Gasteiger partial charge in [0.1, 0.15) is 0 Å². The fraction of sp³-hybridized carbons (Fsp3) is 0.722. The number of nitrogens with two attached hydrogens (primary N) is 1. The molecule has 0 aromatic carbocycles. The monoisotopic (exact) mass is 333 g/mol. The van der Waals surface area contributed by atoms with Crippen LogP contribution in [-0.2, 0) is 4.79 Å². The van der Waals surface area contributed by atoms with Crippen molar-refractivity contribution in [2.24, 2.45) is 23.5 Å². The fourth-order valence-electron chi connectivity index (χ4n) is 4.98. The van der Waals surface area contributed by atoms with E-state index in [0.29, 0.717) is 17.9 Å². The molecule has 1 aliphatic heterocycles. The highest BCUT2D eigenvalue weighted by Gasteiger charge is 2.49. The molecule has 5 atom stereocenters. The summed E-state index contributed by atoms with van der Waals surface area (Å²) in [5, 5.41) is 5.38. The second-order valence-corrected chi connectivity index (χ2v) is 8.44. The van der Waals surface area contributed by atoms with Crippen LogP contribution < -0.4 is 11.1 Å². The lowest BCUT2D eigenvalue weighted by Crippen LogP contribution is -2.47. The molecule has 3 aliphatic rings. The van der Waals surface area contributed by atoms with Crippen LogP contribution in [0.1, 0.15) is 43.0 Å². The summed E-state index contributed by atoms with van der Waals surface area (Å²) in [6, 6.07) is 4.72. The predicted molar refractivity (Wildman–Crippen MR) is 93.2 cm³/mol. The quantitative estimate of drug-likeness (QED) is 0.870. The van der Waals surface area contributed by atoms with Crippen LogP contribution in [0, 0.1) is 17.8 Å². The van der Waals surface area contributed by atoms with Crippen molar-refractivity contribution in [1.29, 1.82) is 0 Å². The Balaban J connectivity index is 1.40. The average molecular weight is 334 g/mol. The molecule has 0 radical (unpaired) electrons. The number of fused-ring (bicyclic) bond motifs is 2. The second kappa shape index (κ2) is 6.54. The standard InChI is InChI=1S/C18H27N3OS/c19-17-13-6-5-12(10-13)16(17)18(22)20-11-14(15-4-3-9-23-15)21-7-1-2-8-21/h3-4,9,12-14,16-17H,1-2,5-8,10-11,19H2,(H,20,22). The lowest BCUT2D eigenvalue weighted by atomic mass is 9.84. The van der Waals surface area contributed by atoms with E-state index in [0.717, 1.165) is 19.6 Å². The van der Waals surface area contributed by atoms with Gasteiger partial charge in [-0.1, -0.05) is 6.07 Å². The maximum atomic E-state index is 12.7. The van der Waals surface area contributed by atoms with Crippen molar-refractivity contribution in [3.8, 4) is 0 Å². The Morgan fingerprint density at radius 2 is 2.13 bits per heavy atom. The maximum Gasteiger partial charge on any atom is 0.225 e. The summed E-state index contributed by atoms with van der Waals surface area (Å²) in [6.07, 6.45) is 6.12. The van der Waals surface area contributed by atoms with Gasteiger partial charge in [-0.3, -0.25) is 9.69 Å². The highest BCUT2D eigenvalue weighted by atomic mass is 32.1. The first-order chi connectivity index (χ1) is 11.2. The van der Waals surface area contributed by atoms with Gasteiger partial charge in [-0.15, -0.1) is 11.3 Å². The normalized spacial score (nSPS) is 34.8. The summed E-state index contributed by atoms with van der Waals surface area (Å²) >= 11 is 1.80. The smallest absolute Gasteiger partial charge is 0.225 e. The third-order valence-electron chi connectivity index (χ3n) is 6.21. The largest absolute Gasteiger partial charge is 0.354 e. The van der Waals surface area contributed by atoms with E-state index in [1.165, 1.54) is 37.0 Å². The average Bonchev–Trinajstić information content (AvgIpc) is 3.32. The first-order valence-corrected chi connectivity index (χ1v) is 9.93. The molecule has 4 nitrogen and oxygen atoms in total. The molecule has 1 aromatic rings. The number of likely N-dealkylation sites (tertiary alicyclic amines) is 1. The first-order valence-electron chi connectivity index (χ1n) is 9.05. The van der Waals surface area contributed by atoms with E-state index in [1.54, 1.807) is 11.3 Å². The molecule has 4 rings (SSSR count). The van der Waals surface area contributed by atoms with Crippen LogP contribution in [0.15, 0.2) is 17.5 Å². The minimum Gasteiger partial charge on any atom is -0.354 e. The van der Waals surface area contributed by atoms with Crippen molar-refractivity contribution < 1.29 is 4.79 Å². The molecule has 2 heterocycles. The van der Waals surface area contributed by atoms with E-state index >= 15 is 0 Å². The van der Waals surface area contributed by atoms with Gasteiger partial charge in [-0.2, -0.15) is 0 Å². The highest BCUT2D eigenvalue weighted by Crippen LogP contribution is 2.47. The molecule has 0 spiro atoms. The zero-order chi connectivity index (χ0) is 15.8. The van der Waals surface area contributed by atoms with Gasteiger partial charge < -0.3 is 11.1 Å². The third kappa shape index (κ3) is 2.94. The zero-order valence-corrected chi connectivity index (χ0v) is 14.4. The van der Waals surface area contributed by atoms with E-state index in [4.69, 9.17) is 5.73 Å². The Hall–Kier alpha value is -0.910. The van der Waals surface area contributed by atoms with Crippen LogP contribution in [-0.4, -0.2) is 36.5 Å². The number of rotatable bonds is 5. The number of nitrogens with one attached hydrogen (secondary N) is 1. The van der Waals surface area contributed by atoms with E-state index in [1.807, 2.05) is 0 Å². The number of thiophene rings is 1. The number of hydrogen-bond acceptors (Lipinski definition) is 4. The predicted octanol–water partition coefficient (Wildman–Crippen LogP) is 2.37. The molecule has 5 unspecified atom stereocenters. The molecule has 2 aliphatic carbocycles. The van der Waals surface area contributed by atoms with Gasteiger partial charge in [0.25, 0.3) is 0 Å². The van der Waals surface area contributed by atoms with Crippen LogP contribution in [0.25, 0.3) is 0 Å². The van der Waals surface area contributed by atoms with Crippen molar-refractivity contribution in [2.75, 3.05) is 19.6 Å². The fourth-order valence-corrected chi connectivity index (χ4v) is 5.84. The zero-order valence-electron chi connectivity index (χ0n) is 13.6. The van der Waals surface area contributed by atoms with Crippen molar-refractivity contribution in [1.82, 2.24) is 10.2 Å². The van der Waals surface area contributed by atoms with Crippen molar-refractivity contribution in [2.45, 2.75) is 44.2 Å². The minimum absolute atomic E-state index is 0.0521. The molecule has 3 fully saturated rings. The summed E-state index contributed by atoms with van der Waals surface area (Å²) < 4.78 is 0. The third-order valence-corrected chi connectivity index (χ3v) is 7.18. The Labute approximate surface area is 142 Å². The van der Waals surface area contributed by atoms with E-state index in [2.05, 4.69) is 27.7 Å². The second-order valence-electron chi connectivity index (χ2n) is 7.46. The SMILES string of the molecule is NC1C2CCC(C2)C1C(=O)NCC(c1cccs1)N1CCCC1. The highest BCUT2D eigenvalue weighted by molar-refractivity contribution is 7.10. The van der Waals surface area contributed by atoms with Gasteiger partial charge in [-0.05, 0) is 68.5 Å². The van der Waals surface area contributed by atoms with Crippen molar-refractivity contribution in [3.63, 3.8) is 0 Å². The number of amides is 1. The van der Waals surface area contributed by atoms with Crippen LogP contribution >= 0.6 is 11.3 Å². The molecule has 5 heteroatoms. The van der Waals surface area contributed by atoms with Crippen LogP contribution in [0.3, 0.4) is 0 Å². The molecule has 3 N–H and O–H groups in total.